The predicted octanol–water partition coefficient (Wildman–Crippen LogP) is 5.17. The van der Waals surface area contributed by atoms with Crippen molar-refractivity contribution in [2.75, 3.05) is 0 Å². The van der Waals surface area contributed by atoms with Crippen LogP contribution in [0.25, 0.3) is 0 Å². The molecule has 2 rings (SSSR count). The lowest BCUT2D eigenvalue weighted by Crippen LogP contribution is -2.07. The molecule has 1 atom stereocenters. The molecule has 6 heteroatoms. The summed E-state index contributed by atoms with van der Waals surface area (Å²) in [5.74, 6) is -0.0456. The quantitative estimate of drug-likeness (QED) is 0.848. The van der Waals surface area contributed by atoms with Crippen molar-refractivity contribution in [3.8, 4) is 11.5 Å². The Morgan fingerprint density at radius 2 is 1.81 bits per heavy atom. The minimum atomic E-state index is -4.48. The zero-order valence-electron chi connectivity index (χ0n) is 11.1. The molecule has 0 aromatic heterocycles. The van der Waals surface area contributed by atoms with Gasteiger partial charge in [0.15, 0.2) is 0 Å². The standard InChI is InChI=1S/C15H13ClF3NO/c1-9(20)11-7-6-10(8-13(11)16)21-14-5-3-2-4-12(14)15(17,18)19/h2-9H,20H2,1H3. The van der Waals surface area contributed by atoms with E-state index in [0.29, 0.717) is 10.6 Å². The molecule has 0 radical (unpaired) electrons. The third kappa shape index (κ3) is 3.68. The molecule has 0 fully saturated rings. The summed E-state index contributed by atoms with van der Waals surface area (Å²) < 4.78 is 43.9. The molecule has 112 valence electrons. The van der Waals surface area contributed by atoms with Crippen LogP contribution in [0.15, 0.2) is 42.5 Å². The lowest BCUT2D eigenvalue weighted by atomic mass is 10.1. The van der Waals surface area contributed by atoms with E-state index in [9.17, 15) is 13.2 Å². The van der Waals surface area contributed by atoms with Crippen molar-refractivity contribution in [2.24, 2.45) is 5.73 Å². The van der Waals surface area contributed by atoms with Crippen LogP contribution in [0, 0.1) is 0 Å². The van der Waals surface area contributed by atoms with Crippen LogP contribution in [0.2, 0.25) is 5.02 Å². The summed E-state index contributed by atoms with van der Waals surface area (Å²) in [7, 11) is 0. The van der Waals surface area contributed by atoms with Gasteiger partial charge < -0.3 is 10.5 Å². The van der Waals surface area contributed by atoms with Gasteiger partial charge in [-0.2, -0.15) is 13.2 Å². The summed E-state index contributed by atoms with van der Waals surface area (Å²) >= 11 is 6.04. The van der Waals surface area contributed by atoms with Crippen LogP contribution in [0.5, 0.6) is 11.5 Å². The fourth-order valence-corrected chi connectivity index (χ4v) is 2.20. The van der Waals surface area contributed by atoms with Crippen molar-refractivity contribution in [2.45, 2.75) is 19.1 Å². The molecule has 2 nitrogen and oxygen atoms in total. The fraction of sp³-hybridized carbons (Fsp3) is 0.200. The van der Waals surface area contributed by atoms with Gasteiger partial charge in [0, 0.05) is 11.1 Å². The highest BCUT2D eigenvalue weighted by Gasteiger charge is 2.34. The normalized spacial score (nSPS) is 13.0. The first-order valence-electron chi connectivity index (χ1n) is 6.18. The molecular weight excluding hydrogens is 303 g/mol. The van der Waals surface area contributed by atoms with Crippen LogP contribution in [0.3, 0.4) is 0 Å². The molecular formula is C15H13ClF3NO. The molecule has 0 aliphatic heterocycles. The van der Waals surface area contributed by atoms with Gasteiger partial charge in [-0.25, -0.2) is 0 Å². The Hall–Kier alpha value is -1.72. The third-order valence-corrected chi connectivity index (χ3v) is 3.21. The van der Waals surface area contributed by atoms with Crippen LogP contribution in [-0.2, 0) is 6.18 Å². The Morgan fingerprint density at radius 3 is 2.38 bits per heavy atom. The number of para-hydroxylation sites is 1. The van der Waals surface area contributed by atoms with Crippen LogP contribution in [0.4, 0.5) is 13.2 Å². The van der Waals surface area contributed by atoms with Gasteiger partial charge in [0.25, 0.3) is 0 Å². The van der Waals surface area contributed by atoms with E-state index in [1.807, 2.05) is 0 Å². The van der Waals surface area contributed by atoms with Crippen molar-refractivity contribution < 1.29 is 17.9 Å². The number of halogens is 4. The minimum absolute atomic E-state index is 0.223. The maximum absolute atomic E-state index is 12.9. The summed E-state index contributed by atoms with van der Waals surface area (Å²) in [5.41, 5.74) is 5.59. The Bertz CT molecular complexity index is 641. The molecule has 2 aromatic rings. The van der Waals surface area contributed by atoms with Gasteiger partial charge in [0.2, 0.25) is 0 Å². The molecule has 0 heterocycles. The van der Waals surface area contributed by atoms with Gasteiger partial charge in [-0.05, 0) is 36.8 Å². The van der Waals surface area contributed by atoms with Crippen molar-refractivity contribution in [3.63, 3.8) is 0 Å². The zero-order chi connectivity index (χ0) is 15.6. The molecule has 0 amide bonds. The average molecular weight is 316 g/mol. The highest BCUT2D eigenvalue weighted by Crippen LogP contribution is 2.38. The van der Waals surface area contributed by atoms with Gasteiger partial charge in [-0.15, -0.1) is 0 Å². The lowest BCUT2D eigenvalue weighted by Gasteiger charge is -2.15. The summed E-state index contributed by atoms with van der Waals surface area (Å²) in [5, 5.41) is 0.354. The molecule has 2 aromatic carbocycles. The molecule has 2 N–H and O–H groups in total. The van der Waals surface area contributed by atoms with E-state index in [2.05, 4.69) is 0 Å². The summed E-state index contributed by atoms with van der Waals surface area (Å²) in [6.07, 6.45) is -4.48. The van der Waals surface area contributed by atoms with Gasteiger partial charge in [-0.3, -0.25) is 0 Å². The Kier molecular flexibility index (Phi) is 4.44. The first-order chi connectivity index (χ1) is 9.79. The van der Waals surface area contributed by atoms with Crippen LogP contribution in [0.1, 0.15) is 24.1 Å². The van der Waals surface area contributed by atoms with E-state index < -0.39 is 11.7 Å². The highest BCUT2D eigenvalue weighted by molar-refractivity contribution is 6.31. The van der Waals surface area contributed by atoms with Crippen LogP contribution >= 0.6 is 11.6 Å². The van der Waals surface area contributed by atoms with E-state index >= 15 is 0 Å². The first kappa shape index (κ1) is 15.7. The second-order valence-electron chi connectivity index (χ2n) is 4.57. The van der Waals surface area contributed by atoms with E-state index in [1.165, 1.54) is 30.3 Å². The molecule has 0 saturated heterocycles. The van der Waals surface area contributed by atoms with Crippen LogP contribution in [-0.4, -0.2) is 0 Å². The number of ether oxygens (including phenoxy) is 1. The van der Waals surface area contributed by atoms with Gasteiger partial charge in [-0.1, -0.05) is 29.8 Å². The SMILES string of the molecule is CC(N)c1ccc(Oc2ccccc2C(F)(F)F)cc1Cl. The number of benzene rings is 2. The number of hydrogen-bond donors (Lipinski definition) is 1. The van der Waals surface area contributed by atoms with Crippen molar-refractivity contribution in [3.05, 3.63) is 58.6 Å². The molecule has 0 aliphatic carbocycles. The molecule has 0 saturated carbocycles. The van der Waals surface area contributed by atoms with Crippen molar-refractivity contribution in [1.29, 1.82) is 0 Å². The number of rotatable bonds is 3. The second-order valence-corrected chi connectivity index (χ2v) is 4.98. The van der Waals surface area contributed by atoms with E-state index in [-0.39, 0.29) is 17.5 Å². The maximum Gasteiger partial charge on any atom is 0.419 e. The van der Waals surface area contributed by atoms with E-state index in [0.717, 1.165) is 6.07 Å². The summed E-state index contributed by atoms with van der Waals surface area (Å²) in [6.45, 7) is 1.76. The molecule has 0 bridgehead atoms. The summed E-state index contributed by atoms with van der Waals surface area (Å²) in [6, 6.07) is 9.37. The summed E-state index contributed by atoms with van der Waals surface area (Å²) in [4.78, 5) is 0. The number of nitrogens with two attached hydrogens (primary N) is 1. The second kappa shape index (κ2) is 5.95. The smallest absolute Gasteiger partial charge is 0.419 e. The van der Waals surface area contributed by atoms with Gasteiger partial charge in [0.05, 0.1) is 5.56 Å². The monoisotopic (exact) mass is 315 g/mol. The van der Waals surface area contributed by atoms with Gasteiger partial charge >= 0.3 is 6.18 Å². The number of hydrogen-bond acceptors (Lipinski definition) is 2. The van der Waals surface area contributed by atoms with Crippen molar-refractivity contribution in [1.82, 2.24) is 0 Å². The van der Waals surface area contributed by atoms with E-state index in [1.54, 1.807) is 13.0 Å². The van der Waals surface area contributed by atoms with Crippen LogP contribution < -0.4 is 10.5 Å². The molecule has 21 heavy (non-hydrogen) atoms. The highest BCUT2D eigenvalue weighted by atomic mass is 35.5. The van der Waals surface area contributed by atoms with Gasteiger partial charge in [0.1, 0.15) is 11.5 Å². The fourth-order valence-electron chi connectivity index (χ4n) is 1.86. The Morgan fingerprint density at radius 1 is 1.14 bits per heavy atom. The van der Waals surface area contributed by atoms with Crippen molar-refractivity contribution >= 4 is 11.6 Å². The Balaban J connectivity index is 2.33. The lowest BCUT2D eigenvalue weighted by molar-refractivity contribution is -0.138. The average Bonchev–Trinajstić information content (AvgIpc) is 2.37. The Labute approximate surface area is 125 Å². The maximum atomic E-state index is 12.9. The topological polar surface area (TPSA) is 35.2 Å². The minimum Gasteiger partial charge on any atom is -0.457 e. The largest absolute Gasteiger partial charge is 0.457 e. The zero-order valence-corrected chi connectivity index (χ0v) is 11.9. The number of alkyl halides is 3. The first-order valence-corrected chi connectivity index (χ1v) is 6.56. The predicted molar refractivity (Wildman–Crippen MR) is 75.6 cm³/mol. The molecule has 0 aliphatic rings. The van der Waals surface area contributed by atoms with E-state index in [4.69, 9.17) is 22.1 Å². The molecule has 1 unspecified atom stereocenters. The third-order valence-electron chi connectivity index (χ3n) is 2.88. The molecule has 0 spiro atoms.